The molecule has 2 aliphatic rings. The number of unbranched alkanes of at least 4 members (excludes halogenated alkanes) is 2. The van der Waals surface area contributed by atoms with Crippen molar-refractivity contribution < 1.29 is 38.9 Å². The molecule has 5 amide bonds. The number of ether oxygens (including phenoxy) is 1. The number of phenols is 1. The number of carbonyl (C=O) groups excluding carboxylic acids is 5. The maximum Gasteiger partial charge on any atom is 0.251 e. The first-order valence-corrected chi connectivity index (χ1v) is 24.0. The molecule has 0 aliphatic carbocycles. The Morgan fingerprint density at radius 1 is 0.776 bits per heavy atom. The third kappa shape index (κ3) is 14.4. The highest BCUT2D eigenvalue weighted by Crippen LogP contribution is 2.28. The number of benzene rings is 4. The van der Waals surface area contributed by atoms with Crippen LogP contribution in [0.15, 0.2) is 97.1 Å². The highest BCUT2D eigenvalue weighted by Gasteiger charge is 2.41. The molecule has 7 atom stereocenters. The number of aromatic hydroxyl groups is 1. The van der Waals surface area contributed by atoms with Crippen LogP contribution >= 0.6 is 0 Å². The number of rotatable bonds is 22. The molecule has 358 valence electrons. The van der Waals surface area contributed by atoms with E-state index >= 15 is 0 Å². The van der Waals surface area contributed by atoms with Crippen LogP contribution in [0.4, 0.5) is 0 Å². The van der Waals surface area contributed by atoms with Gasteiger partial charge in [0, 0.05) is 24.6 Å². The number of amides is 5. The molecule has 2 fully saturated rings. The van der Waals surface area contributed by atoms with Crippen molar-refractivity contribution >= 4 is 29.5 Å². The van der Waals surface area contributed by atoms with E-state index in [1.807, 2.05) is 31.2 Å². The Kier molecular flexibility index (Phi) is 18.3. The van der Waals surface area contributed by atoms with Crippen molar-refractivity contribution in [3.8, 4) is 33.8 Å². The molecule has 2 heterocycles. The molecule has 2 aliphatic heterocycles. The molecule has 2 saturated heterocycles. The number of nitrogens with zero attached hydrogens (tertiary/aromatic N) is 1. The van der Waals surface area contributed by atoms with Gasteiger partial charge >= 0.3 is 0 Å². The molecular weight excluding hydrogens is 849 g/mol. The fourth-order valence-electron chi connectivity index (χ4n) is 8.75. The number of likely N-dealkylation sites (tertiary alicyclic amines) is 1. The number of nitrogens with one attached hydrogen (secondary N) is 5. The summed E-state index contributed by atoms with van der Waals surface area (Å²) in [6.45, 7) is 9.33. The zero-order valence-electron chi connectivity index (χ0n) is 39.3. The van der Waals surface area contributed by atoms with E-state index < -0.39 is 54.2 Å². The second kappa shape index (κ2) is 24.5. The van der Waals surface area contributed by atoms with E-state index in [1.165, 1.54) is 4.90 Å². The molecule has 4 unspecified atom stereocenters. The van der Waals surface area contributed by atoms with Crippen molar-refractivity contribution in [2.24, 2.45) is 5.92 Å². The maximum atomic E-state index is 14.1. The molecule has 0 spiro atoms. The monoisotopic (exact) mass is 917 g/mol. The Balaban J connectivity index is 0.983. The minimum atomic E-state index is -1.31. The fourth-order valence-corrected chi connectivity index (χ4v) is 8.75. The summed E-state index contributed by atoms with van der Waals surface area (Å²) in [6.07, 6.45) is 4.90. The summed E-state index contributed by atoms with van der Waals surface area (Å²) in [6, 6.07) is 26.6. The molecule has 0 saturated carbocycles. The van der Waals surface area contributed by atoms with Gasteiger partial charge in [-0.05, 0) is 129 Å². The zero-order chi connectivity index (χ0) is 47.9. The minimum absolute atomic E-state index is 0.0196. The van der Waals surface area contributed by atoms with E-state index in [4.69, 9.17) is 4.74 Å². The summed E-state index contributed by atoms with van der Waals surface area (Å²) in [7, 11) is 0. The van der Waals surface area contributed by atoms with E-state index in [9.17, 15) is 34.2 Å². The second-order valence-corrected chi connectivity index (χ2v) is 18.1. The molecule has 7 N–H and O–H groups in total. The molecule has 14 heteroatoms. The largest absolute Gasteiger partial charge is 0.508 e. The molecular formula is C53H68N6O8. The lowest BCUT2D eigenvalue weighted by Gasteiger charge is -2.30. The molecule has 67 heavy (non-hydrogen) atoms. The van der Waals surface area contributed by atoms with Crippen LogP contribution in [0.1, 0.15) is 101 Å². The normalized spacial score (nSPS) is 18.6. The van der Waals surface area contributed by atoms with Crippen LogP contribution in [0.2, 0.25) is 0 Å². The second-order valence-electron chi connectivity index (χ2n) is 18.1. The summed E-state index contributed by atoms with van der Waals surface area (Å²) in [5.74, 6) is -1.10. The van der Waals surface area contributed by atoms with Crippen LogP contribution in [-0.4, -0.2) is 101 Å². The average Bonchev–Trinajstić information content (AvgIpc) is 4.02. The van der Waals surface area contributed by atoms with E-state index in [2.05, 4.69) is 69.9 Å². The molecule has 0 radical (unpaired) electrons. The third-order valence-corrected chi connectivity index (χ3v) is 12.6. The average molecular weight is 917 g/mol. The van der Waals surface area contributed by atoms with Gasteiger partial charge in [0.15, 0.2) is 0 Å². The lowest BCUT2D eigenvalue weighted by Crippen LogP contribution is -2.58. The van der Waals surface area contributed by atoms with Crippen molar-refractivity contribution in [1.82, 2.24) is 31.5 Å². The zero-order valence-corrected chi connectivity index (χ0v) is 39.3. The number of phenolic OH excluding ortho intramolecular Hbond substituents is 1. The molecule has 4 aromatic rings. The van der Waals surface area contributed by atoms with Crippen LogP contribution in [0.3, 0.4) is 0 Å². The highest BCUT2D eigenvalue weighted by molar-refractivity contribution is 5.96. The van der Waals surface area contributed by atoms with Crippen molar-refractivity contribution in [2.75, 3.05) is 19.7 Å². The summed E-state index contributed by atoms with van der Waals surface area (Å²) >= 11 is 0. The van der Waals surface area contributed by atoms with Gasteiger partial charge in [0.05, 0.1) is 12.6 Å². The van der Waals surface area contributed by atoms with Crippen LogP contribution in [0, 0.1) is 5.92 Å². The molecule has 14 nitrogen and oxygen atoms in total. The van der Waals surface area contributed by atoms with Crippen molar-refractivity contribution in [2.45, 2.75) is 128 Å². The van der Waals surface area contributed by atoms with E-state index in [0.29, 0.717) is 31.4 Å². The molecule has 6 rings (SSSR count). The van der Waals surface area contributed by atoms with Gasteiger partial charge in [0.25, 0.3) is 5.91 Å². The van der Waals surface area contributed by atoms with E-state index in [1.54, 1.807) is 50.2 Å². The van der Waals surface area contributed by atoms with E-state index in [0.717, 1.165) is 65.9 Å². The van der Waals surface area contributed by atoms with Crippen LogP contribution in [0.25, 0.3) is 22.3 Å². The predicted octanol–water partition coefficient (Wildman–Crippen LogP) is 6.24. The number of hydrogen-bond acceptors (Lipinski definition) is 9. The number of aliphatic hydroxyl groups excluding tert-OH is 1. The standard InChI is InChI=1S/C53H68N6O8/c1-5-7-8-30-67-43-26-22-40(23-27-43)38-16-14-37(15-17-38)39-18-20-41(21-19-39)49(62)55-35(4)32-48(61)58-52(65)47-31-34(3)33-59(47)53(66)44(6-2)56-51(64)46(57-50(63)45-10-9-29-54-45)28-13-36-11-24-42(60)25-12-36/h11-12,14-27,34-35,44-48,54,60-61H,5-10,13,28-33H2,1-4H3,(H,55,62)(H,56,64)(H,57,63)(H,58,65)/t34-,35-,44?,45?,46?,47?,48-/m1/s1. The quantitative estimate of drug-likeness (QED) is 0.0353. The lowest BCUT2D eigenvalue weighted by atomic mass is 9.99. The first-order valence-electron chi connectivity index (χ1n) is 24.0. The number of hydrogen-bond donors (Lipinski definition) is 7. The first kappa shape index (κ1) is 50.2. The van der Waals surface area contributed by atoms with Crippen molar-refractivity contribution in [3.05, 3.63) is 108 Å². The van der Waals surface area contributed by atoms with Gasteiger partial charge < -0.3 is 46.4 Å². The summed E-state index contributed by atoms with van der Waals surface area (Å²) in [4.78, 5) is 69.3. The van der Waals surface area contributed by atoms with Gasteiger partial charge in [-0.3, -0.25) is 24.0 Å². The SMILES string of the molecule is CCCCCOc1ccc(-c2ccc(-c3ccc(C(=O)N[C@H](C)C[C@@H](O)NC(=O)C4C[C@@H](C)CN4C(=O)C(CC)NC(=O)C(CCc4ccc(O)cc4)NC(=O)C4CCCN4)cc3)cc2)cc1. The Morgan fingerprint density at radius 3 is 2.00 bits per heavy atom. The predicted molar refractivity (Wildman–Crippen MR) is 259 cm³/mol. The van der Waals surface area contributed by atoms with Gasteiger partial charge in [-0.2, -0.15) is 0 Å². The number of aryl methyl sites for hydroxylation is 1. The lowest BCUT2D eigenvalue weighted by molar-refractivity contribution is -0.143. The van der Waals surface area contributed by atoms with Gasteiger partial charge in [-0.25, -0.2) is 0 Å². The third-order valence-electron chi connectivity index (χ3n) is 12.6. The van der Waals surface area contributed by atoms with E-state index in [-0.39, 0.29) is 49.3 Å². The minimum Gasteiger partial charge on any atom is -0.508 e. The Morgan fingerprint density at radius 2 is 1.40 bits per heavy atom. The van der Waals surface area contributed by atoms with Crippen LogP contribution < -0.4 is 31.3 Å². The summed E-state index contributed by atoms with van der Waals surface area (Å²) < 4.78 is 5.85. The smallest absolute Gasteiger partial charge is 0.251 e. The molecule has 0 aromatic heterocycles. The first-order chi connectivity index (χ1) is 32.3. The summed E-state index contributed by atoms with van der Waals surface area (Å²) in [5.41, 5.74) is 5.47. The van der Waals surface area contributed by atoms with Crippen LogP contribution in [0.5, 0.6) is 11.5 Å². The molecule has 0 bridgehead atoms. The molecule has 4 aromatic carbocycles. The topological polar surface area (TPSA) is 198 Å². The maximum absolute atomic E-state index is 14.1. The highest BCUT2D eigenvalue weighted by atomic mass is 16.5. The Hall–Kier alpha value is -6.25. The van der Waals surface area contributed by atoms with Gasteiger partial charge in [-0.1, -0.05) is 94.3 Å². The number of carbonyl (C=O) groups is 5. The van der Waals surface area contributed by atoms with Gasteiger partial charge in [0.2, 0.25) is 23.6 Å². The van der Waals surface area contributed by atoms with Gasteiger partial charge in [0.1, 0.15) is 35.9 Å². The fraction of sp³-hybridized carbons (Fsp3) is 0.453. The van der Waals surface area contributed by atoms with Crippen LogP contribution in [-0.2, 0) is 25.6 Å². The van der Waals surface area contributed by atoms with Gasteiger partial charge in [-0.15, -0.1) is 0 Å². The Bertz CT molecular complexity index is 2250. The number of aliphatic hydroxyl groups is 1. The summed E-state index contributed by atoms with van der Waals surface area (Å²) in [5, 5.41) is 35.1. The van der Waals surface area contributed by atoms with Crippen molar-refractivity contribution in [1.29, 1.82) is 0 Å². The van der Waals surface area contributed by atoms with Crippen molar-refractivity contribution in [3.63, 3.8) is 0 Å². The Labute approximate surface area is 394 Å².